The number of aromatic nitrogens is 5. The zero-order chi connectivity index (χ0) is 21.5. The summed E-state index contributed by atoms with van der Waals surface area (Å²) in [6.07, 6.45) is 3.42. The van der Waals surface area contributed by atoms with Crippen LogP contribution < -0.4 is 5.56 Å². The molecule has 31 heavy (non-hydrogen) atoms. The molecule has 0 spiro atoms. The van der Waals surface area contributed by atoms with E-state index in [0.717, 1.165) is 11.1 Å². The average Bonchev–Trinajstić information content (AvgIpc) is 3.07. The van der Waals surface area contributed by atoms with Crippen LogP contribution >= 0.6 is 0 Å². The van der Waals surface area contributed by atoms with Crippen molar-refractivity contribution in [2.45, 2.75) is 20.4 Å². The zero-order valence-corrected chi connectivity index (χ0v) is 17.3. The van der Waals surface area contributed by atoms with Gasteiger partial charge in [0, 0.05) is 6.54 Å². The molecular weight excluding hydrogens is 388 g/mol. The maximum atomic E-state index is 13.4. The molecule has 7 heteroatoms. The van der Waals surface area contributed by atoms with Crippen molar-refractivity contribution >= 4 is 39.4 Å². The van der Waals surface area contributed by atoms with E-state index in [9.17, 15) is 4.79 Å². The lowest BCUT2D eigenvalue weighted by atomic mass is 10.2. The third kappa shape index (κ3) is 3.11. The van der Waals surface area contributed by atoms with Crippen LogP contribution in [0, 0.1) is 13.8 Å². The van der Waals surface area contributed by atoms with Crippen molar-refractivity contribution < 1.29 is 0 Å². The second-order valence-electron chi connectivity index (χ2n) is 7.41. The van der Waals surface area contributed by atoms with Crippen LogP contribution in [0.3, 0.4) is 0 Å². The molecule has 0 saturated carbocycles. The standard InChI is InChI=1S/C24H20N6O/c1-4-13-29-16(3)26-22-20(24(29)31)21-23(28-19-8-6-5-7-18(19)27-21)30(22)25-14-17-11-9-15(2)10-12-17/h4-12,14H,1,13H2,2-3H3. The number of benzene rings is 2. The third-order valence-electron chi connectivity index (χ3n) is 5.24. The summed E-state index contributed by atoms with van der Waals surface area (Å²) in [6, 6.07) is 15.6. The minimum Gasteiger partial charge on any atom is -0.292 e. The maximum absolute atomic E-state index is 13.4. The van der Waals surface area contributed by atoms with Gasteiger partial charge in [0.1, 0.15) is 16.7 Å². The van der Waals surface area contributed by atoms with Gasteiger partial charge < -0.3 is 0 Å². The van der Waals surface area contributed by atoms with Crippen LogP contribution in [0.25, 0.3) is 33.2 Å². The van der Waals surface area contributed by atoms with E-state index in [1.165, 1.54) is 5.56 Å². The van der Waals surface area contributed by atoms with Crippen molar-refractivity contribution in [1.82, 2.24) is 24.2 Å². The van der Waals surface area contributed by atoms with Crippen LogP contribution in [0.15, 0.2) is 71.1 Å². The second kappa shape index (κ2) is 7.28. The second-order valence-corrected chi connectivity index (χ2v) is 7.41. The Balaban J connectivity index is 1.87. The lowest BCUT2D eigenvalue weighted by molar-refractivity contribution is 0.724. The van der Waals surface area contributed by atoms with Crippen LogP contribution in [0.1, 0.15) is 17.0 Å². The molecule has 0 aliphatic heterocycles. The lowest BCUT2D eigenvalue weighted by Gasteiger charge is -2.06. The van der Waals surface area contributed by atoms with Gasteiger partial charge in [0.15, 0.2) is 11.3 Å². The number of hydrogen-bond acceptors (Lipinski definition) is 5. The van der Waals surface area contributed by atoms with Crippen LogP contribution in [-0.4, -0.2) is 30.4 Å². The highest BCUT2D eigenvalue weighted by Crippen LogP contribution is 2.25. The fourth-order valence-electron chi connectivity index (χ4n) is 3.64. The summed E-state index contributed by atoms with van der Waals surface area (Å²) in [5, 5.41) is 5.05. The van der Waals surface area contributed by atoms with E-state index in [4.69, 9.17) is 15.0 Å². The number of aryl methyl sites for hydroxylation is 2. The first-order chi connectivity index (χ1) is 15.1. The van der Waals surface area contributed by atoms with Crippen LogP contribution in [0.4, 0.5) is 0 Å². The summed E-state index contributed by atoms with van der Waals surface area (Å²) >= 11 is 0. The highest BCUT2D eigenvalue weighted by Gasteiger charge is 2.20. The molecule has 0 amide bonds. The number of hydrogen-bond donors (Lipinski definition) is 0. The molecule has 7 nitrogen and oxygen atoms in total. The molecule has 3 heterocycles. The van der Waals surface area contributed by atoms with Crippen molar-refractivity contribution in [2.24, 2.45) is 5.10 Å². The van der Waals surface area contributed by atoms with Gasteiger partial charge >= 0.3 is 0 Å². The molecule has 0 radical (unpaired) electrons. The van der Waals surface area contributed by atoms with E-state index < -0.39 is 0 Å². The van der Waals surface area contributed by atoms with Gasteiger partial charge in [-0.25, -0.2) is 15.0 Å². The summed E-state index contributed by atoms with van der Waals surface area (Å²) in [5.74, 6) is 0.580. The minimum atomic E-state index is -0.179. The fraction of sp³-hybridized carbons (Fsp3) is 0.125. The molecule has 0 aliphatic rings. The summed E-state index contributed by atoms with van der Waals surface area (Å²) in [5.41, 5.74) is 4.80. The Bertz CT molecular complexity index is 1560. The molecule has 5 aromatic rings. The molecule has 3 aromatic heterocycles. The molecule has 0 N–H and O–H groups in total. The lowest BCUT2D eigenvalue weighted by Crippen LogP contribution is -2.23. The predicted molar refractivity (Wildman–Crippen MR) is 124 cm³/mol. The summed E-state index contributed by atoms with van der Waals surface area (Å²) in [7, 11) is 0. The van der Waals surface area contributed by atoms with E-state index in [1.54, 1.807) is 28.5 Å². The maximum Gasteiger partial charge on any atom is 0.265 e. The first-order valence-corrected chi connectivity index (χ1v) is 9.97. The Morgan fingerprint density at radius 2 is 1.68 bits per heavy atom. The molecule has 5 rings (SSSR count). The van der Waals surface area contributed by atoms with Crippen molar-refractivity contribution in [3.63, 3.8) is 0 Å². The Kier molecular flexibility index (Phi) is 4.43. The van der Waals surface area contributed by atoms with Gasteiger partial charge in [0.25, 0.3) is 5.56 Å². The molecule has 0 fully saturated rings. The van der Waals surface area contributed by atoms with Gasteiger partial charge in [-0.15, -0.1) is 6.58 Å². The molecule has 0 bridgehead atoms. The number of para-hydroxylation sites is 2. The molecule has 0 unspecified atom stereocenters. The summed E-state index contributed by atoms with van der Waals surface area (Å²) < 4.78 is 3.19. The Morgan fingerprint density at radius 3 is 2.39 bits per heavy atom. The number of nitrogens with zero attached hydrogens (tertiary/aromatic N) is 6. The molecule has 0 aliphatic carbocycles. The van der Waals surface area contributed by atoms with Crippen LogP contribution in [0.2, 0.25) is 0 Å². The smallest absolute Gasteiger partial charge is 0.265 e. The number of fused-ring (bicyclic) bond motifs is 4. The van der Waals surface area contributed by atoms with Gasteiger partial charge in [-0.05, 0) is 31.5 Å². The minimum absolute atomic E-state index is 0.179. The van der Waals surface area contributed by atoms with Crippen LogP contribution in [-0.2, 0) is 6.54 Å². The highest BCUT2D eigenvalue weighted by atomic mass is 16.1. The largest absolute Gasteiger partial charge is 0.292 e. The quantitative estimate of drug-likeness (QED) is 0.333. The van der Waals surface area contributed by atoms with Gasteiger partial charge in [-0.2, -0.15) is 9.78 Å². The van der Waals surface area contributed by atoms with E-state index in [2.05, 4.69) is 11.7 Å². The third-order valence-corrected chi connectivity index (χ3v) is 5.24. The van der Waals surface area contributed by atoms with E-state index >= 15 is 0 Å². The predicted octanol–water partition coefficient (Wildman–Crippen LogP) is 3.98. The summed E-state index contributed by atoms with van der Waals surface area (Å²) in [6.45, 7) is 7.96. The molecule has 2 aromatic carbocycles. The Labute approximate surface area is 178 Å². The van der Waals surface area contributed by atoms with E-state index in [-0.39, 0.29) is 5.56 Å². The first-order valence-electron chi connectivity index (χ1n) is 9.97. The van der Waals surface area contributed by atoms with Crippen molar-refractivity contribution in [2.75, 3.05) is 0 Å². The highest BCUT2D eigenvalue weighted by molar-refractivity contribution is 6.05. The van der Waals surface area contributed by atoms with Gasteiger partial charge in [0.05, 0.1) is 17.2 Å². The van der Waals surface area contributed by atoms with Gasteiger partial charge in [-0.3, -0.25) is 9.36 Å². The molecule has 0 atom stereocenters. The number of allylic oxidation sites excluding steroid dienone is 1. The van der Waals surface area contributed by atoms with Crippen molar-refractivity contribution in [1.29, 1.82) is 0 Å². The SMILES string of the molecule is C=CCn1c(C)nc2c(c1=O)c1nc3ccccc3nc1n2N=Cc1ccc(C)cc1. The average molecular weight is 408 g/mol. The Morgan fingerprint density at radius 1 is 0.968 bits per heavy atom. The van der Waals surface area contributed by atoms with Gasteiger partial charge in [0.2, 0.25) is 0 Å². The van der Waals surface area contributed by atoms with E-state index in [0.29, 0.717) is 40.1 Å². The monoisotopic (exact) mass is 408 g/mol. The first kappa shape index (κ1) is 18.9. The Hall–Kier alpha value is -4.13. The summed E-state index contributed by atoms with van der Waals surface area (Å²) in [4.78, 5) is 27.6. The van der Waals surface area contributed by atoms with Crippen LogP contribution in [0.5, 0.6) is 0 Å². The zero-order valence-electron chi connectivity index (χ0n) is 17.3. The normalized spacial score (nSPS) is 11.8. The number of rotatable bonds is 4. The topological polar surface area (TPSA) is 78.0 Å². The van der Waals surface area contributed by atoms with E-state index in [1.807, 2.05) is 55.5 Å². The molecule has 152 valence electrons. The molecule has 0 saturated heterocycles. The molecular formula is C24H20N6O. The van der Waals surface area contributed by atoms with Crippen molar-refractivity contribution in [3.05, 3.63) is 88.5 Å². The fourth-order valence-corrected chi connectivity index (χ4v) is 3.64. The van der Waals surface area contributed by atoms with Crippen molar-refractivity contribution in [3.8, 4) is 0 Å². The van der Waals surface area contributed by atoms with Gasteiger partial charge in [-0.1, -0.05) is 48.0 Å².